The van der Waals surface area contributed by atoms with Crippen LogP contribution in [0.4, 0.5) is 5.13 Å². The average Bonchev–Trinajstić information content (AvgIpc) is 2.98. The maximum atomic E-state index is 12.6. The Labute approximate surface area is 162 Å². The maximum Gasteiger partial charge on any atom is 0.184 e. The van der Waals surface area contributed by atoms with Gasteiger partial charge in [0.05, 0.1) is 17.9 Å². The first-order chi connectivity index (χ1) is 11.5. The number of thiazole rings is 1. The molecule has 0 bridgehead atoms. The highest BCUT2D eigenvalue weighted by Gasteiger charge is 2.18. The molecule has 0 saturated heterocycles. The summed E-state index contributed by atoms with van der Waals surface area (Å²) in [4.78, 5) is 17.2. The van der Waals surface area contributed by atoms with Crippen LogP contribution < -0.4 is 27.0 Å². The summed E-state index contributed by atoms with van der Waals surface area (Å²) >= 11 is 1.52. The van der Waals surface area contributed by atoms with Crippen LogP contribution in [-0.2, 0) is 0 Å². The molecule has 3 rings (SSSR count). The number of nitrogens with zero attached hydrogens (tertiary/aromatic N) is 1. The minimum absolute atomic E-state index is 0. The molecule has 6 heteroatoms. The lowest BCUT2D eigenvalue weighted by Crippen LogP contribution is -3.00. The molecule has 2 aromatic carbocycles. The van der Waals surface area contributed by atoms with E-state index < -0.39 is 0 Å². The van der Waals surface area contributed by atoms with Crippen LogP contribution in [0.1, 0.15) is 28.4 Å². The number of ketones is 1. The minimum Gasteiger partial charge on any atom is -1.00 e. The Morgan fingerprint density at radius 3 is 2.64 bits per heavy atom. The van der Waals surface area contributed by atoms with Gasteiger partial charge < -0.3 is 27.0 Å². The van der Waals surface area contributed by atoms with E-state index in [0.717, 1.165) is 32.2 Å². The van der Waals surface area contributed by atoms with Crippen LogP contribution in [-0.4, -0.2) is 23.9 Å². The Morgan fingerprint density at radius 1 is 1.20 bits per heavy atom. The number of hydrogen-bond donors (Lipinski definition) is 1. The average molecular weight is 420 g/mol. The molecule has 1 heterocycles. The number of rotatable bonds is 5. The van der Waals surface area contributed by atoms with Crippen molar-refractivity contribution >= 4 is 32.5 Å². The lowest BCUT2D eigenvalue weighted by atomic mass is 10.0. The van der Waals surface area contributed by atoms with Crippen molar-refractivity contribution in [3.8, 4) is 5.75 Å². The first-order valence-electron chi connectivity index (χ1n) is 7.81. The Kier molecular flexibility index (Phi) is 6.19. The van der Waals surface area contributed by atoms with Crippen LogP contribution >= 0.6 is 11.3 Å². The molecule has 0 spiro atoms. The van der Waals surface area contributed by atoms with Gasteiger partial charge in [-0.3, -0.25) is 4.79 Å². The highest BCUT2D eigenvalue weighted by atomic mass is 79.9. The molecule has 1 N–H and O–H groups in total. The maximum absolute atomic E-state index is 12.6. The van der Waals surface area contributed by atoms with Crippen molar-refractivity contribution in [2.45, 2.75) is 26.8 Å². The van der Waals surface area contributed by atoms with E-state index in [-0.39, 0.29) is 28.8 Å². The number of Topliss-reactive ketones (excluding diaryl/α,β-unsaturated/α-hetero) is 1. The molecule has 0 fully saturated rings. The number of carbonyl (C=O) groups excluding carboxylic acids is 1. The summed E-state index contributed by atoms with van der Waals surface area (Å²) in [6.07, 6.45) is 0. The number of nitrogens with one attached hydrogen (secondary N) is 1. The van der Waals surface area contributed by atoms with Crippen molar-refractivity contribution < 1.29 is 26.5 Å². The number of anilines is 1. The molecule has 0 radical (unpaired) electrons. The van der Waals surface area contributed by atoms with E-state index in [0.29, 0.717) is 0 Å². The third-order valence-corrected chi connectivity index (χ3v) is 5.08. The van der Waals surface area contributed by atoms with Gasteiger partial charge in [-0.2, -0.15) is 0 Å². The number of benzene rings is 2. The van der Waals surface area contributed by atoms with Gasteiger partial charge in [-0.1, -0.05) is 29.5 Å². The monoisotopic (exact) mass is 419 g/mol. The zero-order valence-corrected chi connectivity index (χ0v) is 17.0. The van der Waals surface area contributed by atoms with Gasteiger partial charge in [0.1, 0.15) is 11.3 Å². The fraction of sp³-hybridized carbons (Fsp3) is 0.263. The number of para-hydroxylation sites is 1. The van der Waals surface area contributed by atoms with E-state index in [1.165, 1.54) is 16.9 Å². The summed E-state index contributed by atoms with van der Waals surface area (Å²) in [7, 11) is 1.63. The summed E-state index contributed by atoms with van der Waals surface area (Å²) in [5.41, 5.74) is 3.85. The fourth-order valence-corrected chi connectivity index (χ4v) is 3.52. The van der Waals surface area contributed by atoms with Crippen LogP contribution in [0.2, 0.25) is 0 Å². The molecule has 1 atom stereocenters. The summed E-state index contributed by atoms with van der Waals surface area (Å²) < 4.78 is 6.37. The van der Waals surface area contributed by atoms with E-state index in [1.807, 2.05) is 57.2 Å². The third-order valence-electron chi connectivity index (χ3n) is 4.13. The summed E-state index contributed by atoms with van der Waals surface area (Å²) in [5, 5.41) is 3.94. The zero-order valence-electron chi connectivity index (χ0n) is 14.6. The number of fused-ring (bicyclic) bond motifs is 1. The van der Waals surface area contributed by atoms with Crippen molar-refractivity contribution in [2.75, 3.05) is 12.4 Å². The fourth-order valence-electron chi connectivity index (χ4n) is 2.55. The van der Waals surface area contributed by atoms with E-state index in [4.69, 9.17) is 4.74 Å². The predicted molar refractivity (Wildman–Crippen MR) is 99.5 cm³/mol. The molecule has 0 amide bonds. The van der Waals surface area contributed by atoms with Gasteiger partial charge >= 0.3 is 0 Å². The molecule has 25 heavy (non-hydrogen) atoms. The third kappa shape index (κ3) is 4.02. The molecular formula is C19H20BrN2O2S-. The minimum atomic E-state index is -0.348. The summed E-state index contributed by atoms with van der Waals surface area (Å²) in [6.45, 7) is 5.92. The normalized spacial score (nSPS) is 11.7. The van der Waals surface area contributed by atoms with Crippen LogP contribution in [0.25, 0.3) is 10.2 Å². The predicted octanol–water partition coefficient (Wildman–Crippen LogP) is 1.61. The molecule has 0 aliphatic carbocycles. The number of hydrogen-bond acceptors (Lipinski definition) is 5. The van der Waals surface area contributed by atoms with Crippen molar-refractivity contribution in [1.82, 2.24) is 4.98 Å². The van der Waals surface area contributed by atoms with E-state index >= 15 is 0 Å². The topological polar surface area (TPSA) is 51.2 Å². The lowest BCUT2D eigenvalue weighted by Gasteiger charge is -2.12. The summed E-state index contributed by atoms with van der Waals surface area (Å²) in [5.74, 6) is 0.800. The van der Waals surface area contributed by atoms with Gasteiger partial charge in [0.15, 0.2) is 10.9 Å². The van der Waals surface area contributed by atoms with Crippen molar-refractivity contribution in [3.63, 3.8) is 0 Å². The largest absolute Gasteiger partial charge is 1.00 e. The Morgan fingerprint density at radius 2 is 1.96 bits per heavy atom. The molecule has 3 aromatic rings. The molecule has 0 aliphatic rings. The molecule has 4 nitrogen and oxygen atoms in total. The van der Waals surface area contributed by atoms with Crippen LogP contribution in [0.3, 0.4) is 0 Å². The van der Waals surface area contributed by atoms with E-state index in [1.54, 1.807) is 7.11 Å². The molecule has 1 aromatic heterocycles. The van der Waals surface area contributed by atoms with Gasteiger partial charge in [0.2, 0.25) is 0 Å². The molecule has 1 unspecified atom stereocenters. The zero-order chi connectivity index (χ0) is 17.3. The van der Waals surface area contributed by atoms with E-state index in [2.05, 4.69) is 10.3 Å². The second-order valence-corrected chi connectivity index (χ2v) is 6.89. The molecular weight excluding hydrogens is 400 g/mol. The number of ether oxygens (including phenoxy) is 1. The first kappa shape index (κ1) is 19.4. The molecule has 0 aliphatic heterocycles. The van der Waals surface area contributed by atoms with Gasteiger partial charge in [-0.05, 0) is 50.1 Å². The Balaban J connectivity index is 0.00000225. The smallest absolute Gasteiger partial charge is 0.184 e. The van der Waals surface area contributed by atoms with Crippen LogP contribution in [0.15, 0.2) is 36.4 Å². The van der Waals surface area contributed by atoms with Gasteiger partial charge in [-0.15, -0.1) is 0 Å². The SMILES string of the molecule is COc1cccc2sc(NC(C)C(=O)c3ccc(C)c(C)c3)nc12.[Br-]. The number of methoxy groups -OCH3 is 1. The highest BCUT2D eigenvalue weighted by Crippen LogP contribution is 2.32. The standard InChI is InChI=1S/C19H20N2O2S.BrH/c1-11-8-9-14(10-12(11)2)18(22)13(3)20-19-21-17-15(23-4)6-5-7-16(17)24-19;/h5-10,13H,1-4H3,(H,20,21);1H/p-1. The molecule has 132 valence electrons. The van der Waals surface area contributed by atoms with Crippen molar-refractivity contribution in [3.05, 3.63) is 53.1 Å². The first-order valence-corrected chi connectivity index (χ1v) is 8.63. The van der Waals surface area contributed by atoms with Gasteiger partial charge in [0.25, 0.3) is 0 Å². The number of halogens is 1. The second kappa shape index (κ2) is 7.97. The number of aromatic nitrogens is 1. The number of carbonyl (C=O) groups is 1. The summed E-state index contributed by atoms with van der Waals surface area (Å²) in [6, 6.07) is 11.3. The Hall–Kier alpha value is -1.92. The number of aryl methyl sites for hydroxylation is 2. The van der Waals surface area contributed by atoms with Crippen LogP contribution in [0.5, 0.6) is 5.75 Å². The Bertz CT molecular complexity index is 908. The van der Waals surface area contributed by atoms with Gasteiger partial charge in [-0.25, -0.2) is 4.98 Å². The lowest BCUT2D eigenvalue weighted by molar-refractivity contribution is -0.0000126. The van der Waals surface area contributed by atoms with Crippen molar-refractivity contribution in [2.24, 2.45) is 0 Å². The van der Waals surface area contributed by atoms with Crippen LogP contribution in [0, 0.1) is 13.8 Å². The second-order valence-electron chi connectivity index (χ2n) is 5.86. The highest BCUT2D eigenvalue weighted by molar-refractivity contribution is 7.22. The molecule has 0 saturated carbocycles. The van der Waals surface area contributed by atoms with Gasteiger partial charge in [0, 0.05) is 5.56 Å². The van der Waals surface area contributed by atoms with E-state index in [9.17, 15) is 4.79 Å². The van der Waals surface area contributed by atoms with Crippen molar-refractivity contribution in [1.29, 1.82) is 0 Å². The quantitative estimate of drug-likeness (QED) is 0.638.